The summed E-state index contributed by atoms with van der Waals surface area (Å²) in [6.45, 7) is 4.19. The van der Waals surface area contributed by atoms with E-state index < -0.39 is 4.92 Å². The highest BCUT2D eigenvalue weighted by Gasteiger charge is 2.08. The molecular formula is C16H17NO3. The number of phenols is 1. The van der Waals surface area contributed by atoms with Crippen LogP contribution in [0.1, 0.15) is 19.4 Å². The lowest BCUT2D eigenvalue weighted by atomic mass is 9.97. The van der Waals surface area contributed by atoms with Crippen molar-refractivity contribution in [3.63, 3.8) is 0 Å². The highest BCUT2D eigenvalue weighted by atomic mass is 16.6. The van der Waals surface area contributed by atoms with E-state index in [4.69, 9.17) is 0 Å². The summed E-state index contributed by atoms with van der Waals surface area (Å²) in [4.78, 5) is 10.2. The summed E-state index contributed by atoms with van der Waals surface area (Å²) in [7, 11) is 0. The lowest BCUT2D eigenvalue weighted by molar-refractivity contribution is -0.384. The molecule has 0 radical (unpaired) electrons. The van der Waals surface area contributed by atoms with Gasteiger partial charge in [-0.05, 0) is 53.3 Å². The van der Waals surface area contributed by atoms with Crippen LogP contribution in [0.4, 0.5) is 5.69 Å². The molecule has 1 N–H and O–H groups in total. The van der Waals surface area contributed by atoms with Gasteiger partial charge in [-0.2, -0.15) is 0 Å². The topological polar surface area (TPSA) is 63.4 Å². The Hall–Kier alpha value is -2.36. The molecule has 2 rings (SSSR count). The Morgan fingerprint density at radius 1 is 1.10 bits per heavy atom. The summed E-state index contributed by atoms with van der Waals surface area (Å²) in [6.07, 6.45) is 0.798. The maximum absolute atomic E-state index is 10.6. The molecule has 0 spiro atoms. The van der Waals surface area contributed by atoms with Crippen LogP contribution in [0, 0.1) is 16.0 Å². The molecule has 2 aromatic carbocycles. The summed E-state index contributed by atoms with van der Waals surface area (Å²) < 4.78 is 0. The zero-order valence-corrected chi connectivity index (χ0v) is 11.5. The van der Waals surface area contributed by atoms with E-state index in [0.717, 1.165) is 23.1 Å². The van der Waals surface area contributed by atoms with Crippen molar-refractivity contribution < 1.29 is 10.0 Å². The van der Waals surface area contributed by atoms with Crippen molar-refractivity contribution >= 4 is 5.69 Å². The van der Waals surface area contributed by atoms with Crippen LogP contribution in [-0.2, 0) is 6.42 Å². The summed E-state index contributed by atoms with van der Waals surface area (Å²) in [5.74, 6) is 0.748. The molecule has 0 amide bonds. The molecule has 104 valence electrons. The van der Waals surface area contributed by atoms with Gasteiger partial charge in [-0.25, -0.2) is 0 Å². The molecule has 4 heteroatoms. The van der Waals surface area contributed by atoms with E-state index in [2.05, 4.69) is 13.8 Å². The maximum atomic E-state index is 10.6. The summed E-state index contributed by atoms with van der Waals surface area (Å²) >= 11 is 0. The van der Waals surface area contributed by atoms with Crippen LogP contribution in [-0.4, -0.2) is 10.0 Å². The molecule has 0 aliphatic heterocycles. The maximum Gasteiger partial charge on any atom is 0.269 e. The van der Waals surface area contributed by atoms with E-state index in [1.54, 1.807) is 18.2 Å². The normalized spacial score (nSPS) is 10.8. The van der Waals surface area contributed by atoms with Crippen molar-refractivity contribution in [1.82, 2.24) is 0 Å². The Kier molecular flexibility index (Phi) is 4.03. The molecule has 0 unspecified atom stereocenters. The number of hydrogen-bond donors (Lipinski definition) is 1. The van der Waals surface area contributed by atoms with Crippen molar-refractivity contribution in [2.24, 2.45) is 5.92 Å². The minimum absolute atomic E-state index is 0.0786. The second-order valence-electron chi connectivity index (χ2n) is 5.25. The average Bonchev–Trinajstić information content (AvgIpc) is 2.41. The average molecular weight is 271 g/mol. The summed E-state index contributed by atoms with van der Waals surface area (Å²) in [5.41, 5.74) is 2.83. The minimum atomic E-state index is -0.412. The van der Waals surface area contributed by atoms with Crippen molar-refractivity contribution in [3.05, 3.63) is 58.1 Å². The number of rotatable bonds is 4. The molecule has 4 nitrogen and oxygen atoms in total. The summed E-state index contributed by atoms with van der Waals surface area (Å²) in [6, 6.07) is 11.9. The quantitative estimate of drug-likeness (QED) is 0.670. The fourth-order valence-corrected chi connectivity index (χ4v) is 2.14. The number of aromatic hydroxyl groups is 1. The van der Waals surface area contributed by atoms with Crippen molar-refractivity contribution in [3.8, 4) is 16.9 Å². The number of nitro groups is 1. The lowest BCUT2D eigenvalue weighted by Gasteiger charge is -2.10. The van der Waals surface area contributed by atoms with Crippen LogP contribution < -0.4 is 0 Å². The number of hydrogen-bond acceptors (Lipinski definition) is 3. The van der Waals surface area contributed by atoms with Gasteiger partial charge in [0.15, 0.2) is 0 Å². The zero-order chi connectivity index (χ0) is 14.7. The standard InChI is InChI=1S/C16H17NO3/c1-11(2)9-14-10-13(5-8-16(14)18)12-3-6-15(7-4-12)17(19)20/h3-8,10-11,18H,9H2,1-2H3. The second kappa shape index (κ2) is 5.74. The first-order chi connectivity index (χ1) is 9.47. The lowest BCUT2D eigenvalue weighted by Crippen LogP contribution is -1.95. The number of benzene rings is 2. The van der Waals surface area contributed by atoms with E-state index in [-0.39, 0.29) is 5.69 Å². The molecule has 0 atom stereocenters. The summed E-state index contributed by atoms with van der Waals surface area (Å²) in [5, 5.41) is 20.5. The molecule has 0 heterocycles. The first-order valence-corrected chi connectivity index (χ1v) is 6.54. The van der Waals surface area contributed by atoms with Crippen molar-refractivity contribution in [2.45, 2.75) is 20.3 Å². The van der Waals surface area contributed by atoms with E-state index in [1.807, 2.05) is 12.1 Å². The zero-order valence-electron chi connectivity index (χ0n) is 11.5. The number of nitro benzene ring substituents is 1. The van der Waals surface area contributed by atoms with Crippen LogP contribution in [0.25, 0.3) is 11.1 Å². The van der Waals surface area contributed by atoms with E-state index >= 15 is 0 Å². The molecule has 0 aliphatic carbocycles. The molecule has 0 fully saturated rings. The largest absolute Gasteiger partial charge is 0.508 e. The molecular weight excluding hydrogens is 254 g/mol. The number of non-ortho nitro benzene ring substituents is 1. The molecule has 0 saturated carbocycles. The number of nitrogens with zero attached hydrogens (tertiary/aromatic N) is 1. The van der Waals surface area contributed by atoms with Crippen molar-refractivity contribution in [1.29, 1.82) is 0 Å². The van der Waals surface area contributed by atoms with Crippen LogP contribution in [0.15, 0.2) is 42.5 Å². The van der Waals surface area contributed by atoms with Gasteiger partial charge in [0, 0.05) is 12.1 Å². The van der Waals surface area contributed by atoms with Gasteiger partial charge in [-0.3, -0.25) is 10.1 Å². The van der Waals surface area contributed by atoms with E-state index in [9.17, 15) is 15.2 Å². The van der Waals surface area contributed by atoms with Crippen LogP contribution in [0.3, 0.4) is 0 Å². The third-order valence-corrected chi connectivity index (χ3v) is 3.12. The van der Waals surface area contributed by atoms with Gasteiger partial charge < -0.3 is 5.11 Å². The Labute approximate surface area is 117 Å². The third kappa shape index (κ3) is 3.15. The predicted molar refractivity (Wildman–Crippen MR) is 78.7 cm³/mol. The van der Waals surface area contributed by atoms with Crippen molar-refractivity contribution in [2.75, 3.05) is 0 Å². The highest BCUT2D eigenvalue weighted by molar-refractivity contribution is 5.66. The Balaban J connectivity index is 2.35. The number of phenolic OH excluding ortho intramolecular Hbond substituents is 1. The smallest absolute Gasteiger partial charge is 0.269 e. The molecule has 0 aliphatic rings. The van der Waals surface area contributed by atoms with Gasteiger partial charge in [0.05, 0.1) is 4.92 Å². The van der Waals surface area contributed by atoms with Crippen LogP contribution >= 0.6 is 0 Å². The van der Waals surface area contributed by atoms with Gasteiger partial charge in [0.2, 0.25) is 0 Å². The molecule has 0 bridgehead atoms. The fraction of sp³-hybridized carbons (Fsp3) is 0.250. The van der Waals surface area contributed by atoms with Gasteiger partial charge in [0.25, 0.3) is 5.69 Å². The van der Waals surface area contributed by atoms with Gasteiger partial charge in [-0.1, -0.05) is 19.9 Å². The molecule has 0 aromatic heterocycles. The monoisotopic (exact) mass is 271 g/mol. The minimum Gasteiger partial charge on any atom is -0.508 e. The SMILES string of the molecule is CC(C)Cc1cc(-c2ccc([N+](=O)[O-])cc2)ccc1O. The molecule has 0 saturated heterocycles. The fourth-order valence-electron chi connectivity index (χ4n) is 2.14. The first-order valence-electron chi connectivity index (χ1n) is 6.54. The molecule has 2 aromatic rings. The van der Waals surface area contributed by atoms with Crippen LogP contribution in [0.2, 0.25) is 0 Å². The van der Waals surface area contributed by atoms with Gasteiger partial charge >= 0.3 is 0 Å². The van der Waals surface area contributed by atoms with Gasteiger partial charge in [0.1, 0.15) is 5.75 Å². The van der Waals surface area contributed by atoms with Crippen LogP contribution in [0.5, 0.6) is 5.75 Å². The van der Waals surface area contributed by atoms with Gasteiger partial charge in [-0.15, -0.1) is 0 Å². The van der Waals surface area contributed by atoms with E-state index in [1.165, 1.54) is 12.1 Å². The third-order valence-electron chi connectivity index (χ3n) is 3.12. The predicted octanol–water partition coefficient (Wildman–Crippen LogP) is 4.17. The van der Waals surface area contributed by atoms with E-state index in [0.29, 0.717) is 11.7 Å². The molecule has 20 heavy (non-hydrogen) atoms. The Bertz CT molecular complexity index is 618. The first kappa shape index (κ1) is 14.1. The Morgan fingerprint density at radius 3 is 2.25 bits per heavy atom. The highest BCUT2D eigenvalue weighted by Crippen LogP contribution is 2.28. The second-order valence-corrected chi connectivity index (χ2v) is 5.25. The Morgan fingerprint density at radius 2 is 1.70 bits per heavy atom.